The van der Waals surface area contributed by atoms with E-state index in [9.17, 15) is 0 Å². The maximum atomic E-state index is 2.78. The molecule has 2 aliphatic carbocycles. The molecule has 0 N–H and O–H groups in total. The number of para-hydroxylation sites is 1. The predicted molar refractivity (Wildman–Crippen MR) is 246 cm³/mol. The summed E-state index contributed by atoms with van der Waals surface area (Å²) < 4.78 is 2.78. The molecular weight excluding hydrogens is 699 g/mol. The Hall–Kier alpha value is -6.06. The molecule has 0 saturated heterocycles. The Bertz CT molecular complexity index is 3120. The molecule has 280 valence electrons. The number of rotatable bonds is 2. The van der Waals surface area contributed by atoms with Crippen molar-refractivity contribution in [3.05, 3.63) is 173 Å². The van der Waals surface area contributed by atoms with Crippen molar-refractivity contribution >= 4 is 45.7 Å². The fourth-order valence-electron chi connectivity index (χ4n) is 11.7. The number of anilines is 3. The third-order valence-electron chi connectivity index (χ3n) is 14.3. The van der Waals surface area contributed by atoms with Crippen LogP contribution in [0.25, 0.3) is 55.5 Å². The number of hydrogen-bond donors (Lipinski definition) is 0. The van der Waals surface area contributed by atoms with Crippen molar-refractivity contribution in [2.75, 3.05) is 4.90 Å². The Morgan fingerprint density at radius 2 is 1.24 bits per heavy atom. The third-order valence-corrected chi connectivity index (χ3v) is 14.3. The van der Waals surface area contributed by atoms with E-state index in [0.717, 1.165) is 0 Å². The van der Waals surface area contributed by atoms with E-state index in [1.807, 2.05) is 0 Å². The summed E-state index contributed by atoms with van der Waals surface area (Å²) in [6.07, 6.45) is 0. The zero-order valence-electron chi connectivity index (χ0n) is 34.8. The molecule has 0 unspecified atom stereocenters. The fourth-order valence-corrected chi connectivity index (χ4v) is 11.7. The highest BCUT2D eigenvalue weighted by molar-refractivity contribution is 6.90. The lowest BCUT2D eigenvalue weighted by atomic mass is 9.44. The van der Waals surface area contributed by atoms with Gasteiger partial charge in [0.1, 0.15) is 0 Å². The average molecular weight is 747 g/mol. The lowest BCUT2D eigenvalue weighted by Gasteiger charge is -2.43. The van der Waals surface area contributed by atoms with Crippen LogP contribution in [-0.2, 0) is 16.2 Å². The van der Waals surface area contributed by atoms with Gasteiger partial charge < -0.3 is 9.38 Å². The molecule has 0 amide bonds. The molecule has 8 aromatic rings. The summed E-state index contributed by atoms with van der Waals surface area (Å²) in [5, 5.41) is 1.38. The molecule has 2 aliphatic heterocycles. The number of hydrogen-bond acceptors (Lipinski definition) is 1. The molecule has 0 bridgehead atoms. The Morgan fingerprint density at radius 1 is 0.552 bits per heavy atom. The highest BCUT2D eigenvalue weighted by Crippen LogP contribution is 2.59. The molecule has 4 aliphatic rings. The smallest absolute Gasteiger partial charge is 0.333 e. The van der Waals surface area contributed by atoms with E-state index in [1.54, 1.807) is 0 Å². The number of aromatic nitrogens is 1. The van der Waals surface area contributed by atoms with Gasteiger partial charge in [-0.2, -0.15) is 0 Å². The highest BCUT2D eigenvalue weighted by atomic mass is 15.2. The molecule has 0 spiro atoms. The summed E-state index contributed by atoms with van der Waals surface area (Å²) in [6.45, 7) is 19.0. The van der Waals surface area contributed by atoms with E-state index in [1.165, 1.54) is 117 Å². The van der Waals surface area contributed by atoms with Crippen molar-refractivity contribution in [1.82, 2.24) is 4.48 Å². The summed E-state index contributed by atoms with van der Waals surface area (Å²) in [4.78, 5) is 2.69. The minimum absolute atomic E-state index is 0.00633. The summed E-state index contributed by atoms with van der Waals surface area (Å²) >= 11 is 0. The lowest BCUT2D eigenvalue weighted by molar-refractivity contribution is 0.590. The number of nitrogens with zero attached hydrogens (tertiary/aromatic N) is 2. The van der Waals surface area contributed by atoms with Crippen molar-refractivity contribution in [2.45, 2.75) is 71.6 Å². The van der Waals surface area contributed by atoms with Crippen LogP contribution in [0.1, 0.15) is 81.8 Å². The Labute approximate surface area is 342 Å². The van der Waals surface area contributed by atoms with Crippen molar-refractivity contribution in [2.24, 2.45) is 0 Å². The highest BCUT2D eigenvalue weighted by Gasteiger charge is 2.50. The molecular formula is C55H47BN2. The average Bonchev–Trinajstić information content (AvgIpc) is 3.78. The monoisotopic (exact) mass is 746 g/mol. The Balaban J connectivity index is 1.27. The van der Waals surface area contributed by atoms with Crippen molar-refractivity contribution in [1.29, 1.82) is 0 Å². The van der Waals surface area contributed by atoms with Crippen molar-refractivity contribution in [3.8, 4) is 44.6 Å². The second-order valence-corrected chi connectivity index (χ2v) is 19.4. The van der Waals surface area contributed by atoms with Crippen LogP contribution < -0.4 is 15.8 Å². The maximum Gasteiger partial charge on any atom is 0.333 e. The lowest BCUT2D eigenvalue weighted by Crippen LogP contribution is -2.57. The van der Waals surface area contributed by atoms with Crippen LogP contribution in [0.15, 0.2) is 140 Å². The van der Waals surface area contributed by atoms with E-state index in [2.05, 4.69) is 204 Å². The van der Waals surface area contributed by atoms with Crippen LogP contribution in [0.3, 0.4) is 0 Å². The zero-order chi connectivity index (χ0) is 39.6. The molecule has 0 atom stereocenters. The van der Waals surface area contributed by atoms with Gasteiger partial charge in [0.25, 0.3) is 0 Å². The molecule has 0 fully saturated rings. The van der Waals surface area contributed by atoms with Gasteiger partial charge in [-0.15, -0.1) is 0 Å². The third kappa shape index (κ3) is 4.14. The molecule has 3 heterocycles. The van der Waals surface area contributed by atoms with E-state index in [-0.39, 0.29) is 23.1 Å². The van der Waals surface area contributed by atoms with Gasteiger partial charge in [-0.3, -0.25) is 0 Å². The van der Waals surface area contributed by atoms with Crippen molar-refractivity contribution < 1.29 is 0 Å². The van der Waals surface area contributed by atoms with Crippen LogP contribution >= 0.6 is 0 Å². The van der Waals surface area contributed by atoms with E-state index in [0.29, 0.717) is 0 Å². The van der Waals surface area contributed by atoms with Crippen LogP contribution in [0, 0.1) is 6.92 Å². The zero-order valence-corrected chi connectivity index (χ0v) is 34.8. The standard InChI is InChI=1S/C55H47BN2/c1-32-29-40-35-21-16-22-38-48-51(37-20-13-15-24-42(37)55(48,7)8)58(50(35)38)56-44-27-26-43-47(36-19-12-14-23-41(36)54(43,5)6)52(44)57(46(30-32)49(40)56)45-28-25-34(53(2,3)4)31-39(45)33-17-10-9-11-18-33/h9-31H,1-8H3. The first-order valence-corrected chi connectivity index (χ1v) is 21.1. The molecule has 7 aromatic carbocycles. The number of fused-ring (bicyclic) bond motifs is 13. The van der Waals surface area contributed by atoms with Gasteiger partial charge in [-0.25, -0.2) is 0 Å². The molecule has 1 aromatic heterocycles. The molecule has 0 saturated carbocycles. The fraction of sp³-hybridized carbons (Fsp3) is 0.200. The van der Waals surface area contributed by atoms with Gasteiger partial charge in [0, 0.05) is 55.4 Å². The van der Waals surface area contributed by atoms with Crippen LogP contribution in [0.5, 0.6) is 0 Å². The van der Waals surface area contributed by atoms with E-state index in [4.69, 9.17) is 0 Å². The number of aryl methyl sites for hydroxylation is 1. The van der Waals surface area contributed by atoms with Gasteiger partial charge in [0.2, 0.25) is 0 Å². The summed E-state index contributed by atoms with van der Waals surface area (Å²) in [5.74, 6) is 0. The SMILES string of the molecule is Cc1cc2c3c(c1)N(c1ccc(C(C)(C)C)cc1-c1ccccc1)c1c(ccc4c1-c1ccccc1C4(C)C)B3n1c3c(c4cccc-2c41)C(C)(C)c1ccccc1-3. The second kappa shape index (κ2) is 11.1. The van der Waals surface area contributed by atoms with Gasteiger partial charge in [0.05, 0.1) is 11.4 Å². The first-order valence-electron chi connectivity index (χ1n) is 21.1. The normalized spacial score (nSPS) is 15.8. The molecule has 12 rings (SSSR count). The first kappa shape index (κ1) is 34.0. The van der Waals surface area contributed by atoms with Gasteiger partial charge in [-0.05, 0) is 91.5 Å². The number of benzene rings is 7. The summed E-state index contributed by atoms with van der Waals surface area (Å²) in [6, 6.07) is 53.7. The minimum Gasteiger partial charge on any atom is -0.375 e. The van der Waals surface area contributed by atoms with Crippen LogP contribution in [0.2, 0.25) is 0 Å². The maximum absolute atomic E-state index is 2.78. The van der Waals surface area contributed by atoms with E-state index >= 15 is 0 Å². The predicted octanol–water partition coefficient (Wildman–Crippen LogP) is 12.9. The summed E-state index contributed by atoms with van der Waals surface area (Å²) in [5.41, 5.74) is 26.5. The van der Waals surface area contributed by atoms with Gasteiger partial charge in [0.15, 0.2) is 0 Å². The Kier molecular flexibility index (Phi) is 6.52. The largest absolute Gasteiger partial charge is 0.375 e. The molecule has 58 heavy (non-hydrogen) atoms. The quantitative estimate of drug-likeness (QED) is 0.160. The molecule has 2 nitrogen and oxygen atoms in total. The molecule has 3 heteroatoms. The van der Waals surface area contributed by atoms with Crippen molar-refractivity contribution in [3.63, 3.8) is 0 Å². The molecule has 0 radical (unpaired) electrons. The second-order valence-electron chi connectivity index (χ2n) is 19.4. The van der Waals surface area contributed by atoms with Gasteiger partial charge >= 0.3 is 6.85 Å². The van der Waals surface area contributed by atoms with Gasteiger partial charge in [-0.1, -0.05) is 170 Å². The first-order chi connectivity index (χ1) is 27.9. The van der Waals surface area contributed by atoms with E-state index < -0.39 is 0 Å². The van der Waals surface area contributed by atoms with Crippen LogP contribution in [0.4, 0.5) is 17.1 Å². The van der Waals surface area contributed by atoms with Crippen LogP contribution in [-0.4, -0.2) is 11.3 Å². The topological polar surface area (TPSA) is 8.17 Å². The minimum atomic E-state index is -0.146. The summed E-state index contributed by atoms with van der Waals surface area (Å²) in [7, 11) is 0. The Morgan fingerprint density at radius 3 is 2.00 bits per heavy atom.